The van der Waals surface area contributed by atoms with Crippen molar-refractivity contribution in [3.8, 4) is 11.5 Å². The number of thioether (sulfide) groups is 1. The van der Waals surface area contributed by atoms with E-state index in [0.29, 0.717) is 18.4 Å². The highest BCUT2D eigenvalue weighted by molar-refractivity contribution is 7.98. The topological polar surface area (TPSA) is 75.0 Å². The third kappa shape index (κ3) is 3.18. The number of benzene rings is 2. The largest absolute Gasteiger partial charge is 0.502 e. The summed E-state index contributed by atoms with van der Waals surface area (Å²) in [6, 6.07) is 9.16. The van der Waals surface area contributed by atoms with E-state index in [2.05, 4.69) is 0 Å². The van der Waals surface area contributed by atoms with Gasteiger partial charge < -0.3 is 14.7 Å². The van der Waals surface area contributed by atoms with Crippen LogP contribution in [0.2, 0.25) is 0 Å². The highest BCUT2D eigenvalue weighted by atomic mass is 32.2. The van der Waals surface area contributed by atoms with Gasteiger partial charge in [-0.25, -0.2) is 8.78 Å². The number of fused-ring (bicyclic) bond motifs is 8. The van der Waals surface area contributed by atoms with E-state index < -0.39 is 40.3 Å². The van der Waals surface area contributed by atoms with Crippen LogP contribution in [0.3, 0.4) is 0 Å². The molecule has 2 aromatic carbocycles. The first-order valence-corrected chi connectivity index (χ1v) is 12.9. The first kappa shape index (κ1) is 22.4. The van der Waals surface area contributed by atoms with Crippen molar-refractivity contribution < 1.29 is 23.4 Å². The standard InChI is InChI=1S/C27H21F2N3O4S/c28-17-12-19-21-16(22(17)29)13-37-20-5-2-1-4-15(20)23(21)32-14-30(27(8-9-27)7-3-11-36-19)26(35)24-25(34)18(33)6-10-31(24)32/h1-7,10,12,23,34H,8-9,11,13-14H2/b7-3-/t23-/m1/s1. The fourth-order valence-electron chi connectivity index (χ4n) is 5.63. The highest BCUT2D eigenvalue weighted by Gasteiger charge is 2.53. The number of carbonyl (C=O) groups excluding carboxylic acids is 1. The van der Waals surface area contributed by atoms with Crippen molar-refractivity contribution in [2.24, 2.45) is 0 Å². The van der Waals surface area contributed by atoms with Crippen molar-refractivity contribution in [2.75, 3.05) is 18.3 Å². The molecule has 1 fully saturated rings. The minimum atomic E-state index is -0.992. The van der Waals surface area contributed by atoms with E-state index in [9.17, 15) is 19.1 Å². The molecule has 7 nitrogen and oxygen atoms in total. The minimum absolute atomic E-state index is 0.0972. The molecule has 1 N–H and O–H groups in total. The predicted octanol–water partition coefficient (Wildman–Crippen LogP) is 4.06. The van der Waals surface area contributed by atoms with Crippen LogP contribution in [0.15, 0.2) is 64.4 Å². The number of carbonyl (C=O) groups is 1. The van der Waals surface area contributed by atoms with Crippen LogP contribution in [0.4, 0.5) is 8.78 Å². The van der Waals surface area contributed by atoms with Gasteiger partial charge in [0.25, 0.3) is 5.91 Å². The predicted molar refractivity (Wildman–Crippen MR) is 132 cm³/mol. The van der Waals surface area contributed by atoms with Crippen molar-refractivity contribution >= 4 is 17.7 Å². The average molecular weight is 522 g/mol. The van der Waals surface area contributed by atoms with E-state index in [1.54, 1.807) is 11.0 Å². The molecular formula is C27H21F2N3O4S. The number of nitrogens with zero attached hydrogens (tertiary/aromatic N) is 3. The third-order valence-corrected chi connectivity index (χ3v) is 8.72. The van der Waals surface area contributed by atoms with Crippen LogP contribution < -0.4 is 15.2 Å². The number of aromatic nitrogens is 1. The van der Waals surface area contributed by atoms with Gasteiger partial charge in [0, 0.05) is 40.1 Å². The maximum absolute atomic E-state index is 15.4. The van der Waals surface area contributed by atoms with E-state index >= 15 is 4.39 Å². The van der Waals surface area contributed by atoms with E-state index in [4.69, 9.17) is 4.74 Å². The number of ether oxygens (including phenoxy) is 1. The molecule has 7 rings (SSSR count). The Labute approximate surface area is 214 Å². The normalized spacial score (nSPS) is 21.7. The van der Waals surface area contributed by atoms with Gasteiger partial charge in [-0.2, -0.15) is 0 Å². The Morgan fingerprint density at radius 2 is 1.95 bits per heavy atom. The fraction of sp³-hybridized carbons (Fsp3) is 0.259. The van der Waals surface area contributed by atoms with E-state index in [1.165, 1.54) is 28.7 Å². The molecule has 3 aromatic rings. The lowest BCUT2D eigenvalue weighted by molar-refractivity contribution is 0.0605. The van der Waals surface area contributed by atoms with Crippen LogP contribution in [0.25, 0.3) is 0 Å². The van der Waals surface area contributed by atoms with E-state index in [1.807, 2.05) is 35.4 Å². The molecule has 3 aliphatic heterocycles. The highest BCUT2D eigenvalue weighted by Crippen LogP contribution is 2.50. The quantitative estimate of drug-likeness (QED) is 0.450. The lowest BCUT2D eigenvalue weighted by Gasteiger charge is -2.46. The van der Waals surface area contributed by atoms with E-state index in [0.717, 1.165) is 16.5 Å². The molecule has 10 heteroatoms. The van der Waals surface area contributed by atoms with Gasteiger partial charge in [0.05, 0.1) is 5.54 Å². The minimum Gasteiger partial charge on any atom is -0.502 e. The first-order chi connectivity index (χ1) is 17.9. The molecular weight excluding hydrogens is 500 g/mol. The Kier molecular flexibility index (Phi) is 4.76. The van der Waals surface area contributed by atoms with Gasteiger partial charge in [0.1, 0.15) is 25.1 Å². The summed E-state index contributed by atoms with van der Waals surface area (Å²) in [6.45, 7) is 0.207. The van der Waals surface area contributed by atoms with Crippen LogP contribution in [0.1, 0.15) is 46.1 Å². The number of hydrogen-bond acceptors (Lipinski definition) is 6. The van der Waals surface area contributed by atoms with Gasteiger partial charge in [-0.15, -0.1) is 11.8 Å². The third-order valence-electron chi connectivity index (χ3n) is 7.61. The Hall–Kier alpha value is -3.79. The monoisotopic (exact) mass is 521 g/mol. The molecule has 37 heavy (non-hydrogen) atoms. The molecule has 1 spiro atoms. The van der Waals surface area contributed by atoms with Gasteiger partial charge >= 0.3 is 0 Å². The summed E-state index contributed by atoms with van der Waals surface area (Å²) in [7, 11) is 0. The molecule has 0 saturated heterocycles. The summed E-state index contributed by atoms with van der Waals surface area (Å²) in [5, 5.41) is 12.6. The van der Waals surface area contributed by atoms with Gasteiger partial charge in [-0.1, -0.05) is 24.3 Å². The van der Waals surface area contributed by atoms with Crippen LogP contribution in [0, 0.1) is 11.6 Å². The second-order valence-corrected chi connectivity index (χ2v) is 10.7. The molecule has 2 bridgehead atoms. The van der Waals surface area contributed by atoms with Crippen LogP contribution >= 0.6 is 11.8 Å². The molecule has 4 heterocycles. The van der Waals surface area contributed by atoms with Crippen molar-refractivity contribution in [3.63, 3.8) is 0 Å². The number of amides is 1. The Balaban J connectivity index is 1.58. The SMILES string of the molecule is O=C1c2c(O)c(=O)ccn2N2CN1C1(/C=C\COc3cc(F)c(F)c4c3[C@H]2c2ccccc2SC4)CC1. The fourth-order valence-corrected chi connectivity index (χ4v) is 6.73. The summed E-state index contributed by atoms with van der Waals surface area (Å²) in [5.41, 5.74) is 0.0319. The van der Waals surface area contributed by atoms with Crippen LogP contribution in [-0.2, 0) is 5.75 Å². The average Bonchev–Trinajstić information content (AvgIpc) is 3.70. The molecule has 1 aromatic heterocycles. The smallest absolute Gasteiger partial charge is 0.278 e. The Morgan fingerprint density at radius 3 is 2.76 bits per heavy atom. The molecule has 4 aliphatic rings. The summed E-state index contributed by atoms with van der Waals surface area (Å²) in [4.78, 5) is 28.7. The molecule has 1 saturated carbocycles. The first-order valence-electron chi connectivity index (χ1n) is 12.0. The zero-order chi connectivity index (χ0) is 25.5. The Morgan fingerprint density at radius 1 is 1.14 bits per heavy atom. The number of hydrogen-bond donors (Lipinski definition) is 1. The number of rotatable bonds is 0. The number of aromatic hydroxyl groups is 1. The number of pyridine rings is 1. The molecule has 0 unspecified atom stereocenters. The van der Waals surface area contributed by atoms with Crippen molar-refractivity contribution in [1.82, 2.24) is 9.58 Å². The summed E-state index contributed by atoms with van der Waals surface area (Å²) in [6.07, 6.45) is 6.54. The van der Waals surface area contributed by atoms with E-state index in [-0.39, 0.29) is 36.0 Å². The van der Waals surface area contributed by atoms with Crippen LogP contribution in [-0.4, -0.2) is 39.4 Å². The van der Waals surface area contributed by atoms with Crippen LogP contribution in [0.5, 0.6) is 11.5 Å². The lowest BCUT2D eigenvalue weighted by atomic mass is 9.92. The lowest BCUT2D eigenvalue weighted by Crippen LogP contribution is -2.58. The molecule has 1 amide bonds. The van der Waals surface area contributed by atoms with Crippen molar-refractivity contribution in [2.45, 2.75) is 35.1 Å². The molecule has 188 valence electrons. The van der Waals surface area contributed by atoms with Crippen molar-refractivity contribution in [3.05, 3.63) is 99.0 Å². The summed E-state index contributed by atoms with van der Waals surface area (Å²) < 4.78 is 37.7. The molecule has 1 atom stereocenters. The zero-order valence-corrected chi connectivity index (χ0v) is 20.3. The maximum atomic E-state index is 15.4. The van der Waals surface area contributed by atoms with Crippen molar-refractivity contribution in [1.29, 1.82) is 0 Å². The summed E-state index contributed by atoms with van der Waals surface area (Å²) >= 11 is 1.40. The van der Waals surface area contributed by atoms with Gasteiger partial charge in [-0.3, -0.25) is 19.3 Å². The van der Waals surface area contributed by atoms with Gasteiger partial charge in [-0.05, 0) is 30.5 Å². The second-order valence-electron chi connectivity index (χ2n) is 9.64. The molecule has 1 aliphatic carbocycles. The molecule has 0 radical (unpaired) electrons. The second kappa shape index (κ2) is 7.85. The zero-order valence-electron chi connectivity index (χ0n) is 19.5. The van der Waals surface area contributed by atoms with Gasteiger partial charge in [0.15, 0.2) is 23.1 Å². The maximum Gasteiger partial charge on any atom is 0.278 e. The summed E-state index contributed by atoms with van der Waals surface area (Å²) in [5.74, 6) is -2.64. The Bertz CT molecular complexity index is 1580. The van der Waals surface area contributed by atoms with Gasteiger partial charge in [0.2, 0.25) is 5.43 Å². The number of halogens is 2.